The molecule has 2 N–H and O–H groups in total. The highest BCUT2D eigenvalue weighted by Gasteiger charge is 2.47. The second kappa shape index (κ2) is 4.07. The molecule has 1 aromatic carbocycles. The smallest absolute Gasteiger partial charge is 0.242 e. The Hall–Kier alpha value is -1.06. The van der Waals surface area contributed by atoms with Crippen molar-refractivity contribution in [2.24, 2.45) is 5.73 Å². The van der Waals surface area contributed by atoms with Crippen LogP contribution in [0.2, 0.25) is 5.02 Å². The van der Waals surface area contributed by atoms with E-state index in [9.17, 15) is 4.79 Å². The molecule has 0 saturated heterocycles. The van der Waals surface area contributed by atoms with Gasteiger partial charge in [-0.15, -0.1) is 0 Å². The van der Waals surface area contributed by atoms with Crippen LogP contribution in [0.3, 0.4) is 0 Å². The molecule has 0 bridgehead atoms. The summed E-state index contributed by atoms with van der Waals surface area (Å²) in [7, 11) is 1.76. The van der Waals surface area contributed by atoms with Crippen LogP contribution in [-0.2, 0) is 11.3 Å². The summed E-state index contributed by atoms with van der Waals surface area (Å²) in [5.74, 6) is 0.00687. The number of halogens is 1. The average Bonchev–Trinajstić information content (AvgIpc) is 3.00. The fraction of sp³-hybridized carbons (Fsp3) is 0.417. The third-order valence-corrected chi connectivity index (χ3v) is 3.30. The molecule has 0 radical (unpaired) electrons. The molecule has 1 saturated carbocycles. The van der Waals surface area contributed by atoms with Gasteiger partial charge in [-0.25, -0.2) is 0 Å². The lowest BCUT2D eigenvalue weighted by molar-refractivity contribution is -0.132. The SMILES string of the molecule is CN(Cc1ccccc1Cl)C(=O)C1(N)CC1. The summed E-state index contributed by atoms with van der Waals surface area (Å²) in [6.45, 7) is 0.511. The predicted molar refractivity (Wildman–Crippen MR) is 64.1 cm³/mol. The number of rotatable bonds is 3. The molecule has 1 aliphatic carbocycles. The van der Waals surface area contributed by atoms with Gasteiger partial charge < -0.3 is 10.6 Å². The van der Waals surface area contributed by atoms with Gasteiger partial charge in [-0.1, -0.05) is 29.8 Å². The molecule has 1 aliphatic rings. The molecule has 3 nitrogen and oxygen atoms in total. The van der Waals surface area contributed by atoms with Gasteiger partial charge in [0.05, 0.1) is 5.54 Å². The van der Waals surface area contributed by atoms with Crippen molar-refractivity contribution in [2.45, 2.75) is 24.9 Å². The summed E-state index contributed by atoms with van der Waals surface area (Å²) in [6.07, 6.45) is 1.58. The maximum atomic E-state index is 11.9. The number of carbonyl (C=O) groups is 1. The van der Waals surface area contributed by atoms with E-state index in [4.69, 9.17) is 17.3 Å². The highest BCUT2D eigenvalue weighted by atomic mass is 35.5. The van der Waals surface area contributed by atoms with Gasteiger partial charge in [0.2, 0.25) is 5.91 Å². The van der Waals surface area contributed by atoms with Crippen molar-refractivity contribution in [3.63, 3.8) is 0 Å². The lowest BCUT2D eigenvalue weighted by Crippen LogP contribution is -2.43. The average molecular weight is 239 g/mol. The van der Waals surface area contributed by atoms with Gasteiger partial charge in [0.1, 0.15) is 0 Å². The monoisotopic (exact) mass is 238 g/mol. The number of amides is 1. The highest BCUT2D eigenvalue weighted by molar-refractivity contribution is 6.31. The summed E-state index contributed by atoms with van der Waals surface area (Å²) < 4.78 is 0. The van der Waals surface area contributed by atoms with Gasteiger partial charge in [-0.05, 0) is 24.5 Å². The minimum absolute atomic E-state index is 0.00687. The Morgan fingerprint density at radius 1 is 1.50 bits per heavy atom. The highest BCUT2D eigenvalue weighted by Crippen LogP contribution is 2.34. The number of likely N-dealkylation sites (N-methyl/N-ethyl adjacent to an activating group) is 1. The maximum absolute atomic E-state index is 11.9. The van der Waals surface area contributed by atoms with Gasteiger partial charge >= 0.3 is 0 Å². The molecule has 0 aromatic heterocycles. The Balaban J connectivity index is 2.05. The molecule has 86 valence electrons. The van der Waals surface area contributed by atoms with Crippen molar-refractivity contribution in [3.05, 3.63) is 34.9 Å². The summed E-state index contributed by atoms with van der Waals surface area (Å²) in [5.41, 5.74) is 6.21. The fourth-order valence-electron chi connectivity index (χ4n) is 1.68. The molecular formula is C12H15ClN2O. The zero-order valence-electron chi connectivity index (χ0n) is 9.24. The predicted octanol–water partition coefficient (Wildman–Crippen LogP) is 1.79. The number of nitrogens with zero attached hydrogens (tertiary/aromatic N) is 1. The van der Waals surface area contributed by atoms with Crippen molar-refractivity contribution >= 4 is 17.5 Å². The zero-order valence-corrected chi connectivity index (χ0v) is 10.00. The van der Waals surface area contributed by atoms with Crippen LogP contribution in [-0.4, -0.2) is 23.4 Å². The standard InChI is InChI=1S/C12H15ClN2O/c1-15(11(16)12(14)6-7-12)8-9-4-2-3-5-10(9)13/h2-5H,6-8,14H2,1H3. The molecule has 0 unspecified atom stereocenters. The Morgan fingerprint density at radius 3 is 2.69 bits per heavy atom. The third kappa shape index (κ3) is 2.20. The summed E-state index contributed by atoms with van der Waals surface area (Å²) in [4.78, 5) is 13.5. The van der Waals surface area contributed by atoms with Crippen LogP contribution in [0.1, 0.15) is 18.4 Å². The molecule has 16 heavy (non-hydrogen) atoms. The van der Waals surface area contributed by atoms with Crippen LogP contribution in [0.4, 0.5) is 0 Å². The van der Waals surface area contributed by atoms with Crippen LogP contribution < -0.4 is 5.73 Å². The number of hydrogen-bond acceptors (Lipinski definition) is 2. The van der Waals surface area contributed by atoms with Gasteiger partial charge in [-0.3, -0.25) is 4.79 Å². The van der Waals surface area contributed by atoms with Crippen molar-refractivity contribution in [1.82, 2.24) is 4.90 Å². The van der Waals surface area contributed by atoms with Crippen LogP contribution in [0.5, 0.6) is 0 Å². The molecule has 1 fully saturated rings. The lowest BCUT2D eigenvalue weighted by atomic mass is 10.2. The summed E-state index contributed by atoms with van der Waals surface area (Å²) >= 11 is 6.03. The second-order valence-electron chi connectivity index (χ2n) is 4.41. The largest absolute Gasteiger partial charge is 0.340 e. The van der Waals surface area contributed by atoms with Crippen LogP contribution in [0, 0.1) is 0 Å². The van der Waals surface area contributed by atoms with E-state index >= 15 is 0 Å². The quantitative estimate of drug-likeness (QED) is 0.873. The van der Waals surface area contributed by atoms with Gasteiger partial charge in [0, 0.05) is 18.6 Å². The fourth-order valence-corrected chi connectivity index (χ4v) is 1.88. The molecular weight excluding hydrogens is 224 g/mol. The van der Waals surface area contributed by atoms with Crippen LogP contribution in [0.15, 0.2) is 24.3 Å². The molecule has 0 heterocycles. The molecule has 1 amide bonds. The van der Waals surface area contributed by atoms with Gasteiger partial charge in [0.25, 0.3) is 0 Å². The van der Waals surface area contributed by atoms with Crippen molar-refractivity contribution in [3.8, 4) is 0 Å². The zero-order chi connectivity index (χ0) is 11.8. The number of nitrogens with two attached hydrogens (primary N) is 1. The first-order chi connectivity index (χ1) is 7.53. The van der Waals surface area contributed by atoms with Crippen LogP contribution in [0.25, 0.3) is 0 Å². The Bertz CT molecular complexity index is 415. The first kappa shape index (κ1) is 11.4. The van der Waals surface area contributed by atoms with Crippen molar-refractivity contribution in [2.75, 3.05) is 7.05 Å². The normalized spacial score (nSPS) is 16.9. The molecule has 4 heteroatoms. The van der Waals surface area contributed by atoms with E-state index in [1.807, 2.05) is 24.3 Å². The number of carbonyl (C=O) groups excluding carboxylic acids is 1. The van der Waals surface area contributed by atoms with Crippen molar-refractivity contribution < 1.29 is 4.79 Å². The third-order valence-electron chi connectivity index (χ3n) is 2.93. The van der Waals surface area contributed by atoms with E-state index in [-0.39, 0.29) is 5.91 Å². The van der Waals surface area contributed by atoms with E-state index in [1.165, 1.54) is 0 Å². The van der Waals surface area contributed by atoms with Gasteiger partial charge in [-0.2, -0.15) is 0 Å². The van der Waals surface area contributed by atoms with E-state index in [0.717, 1.165) is 18.4 Å². The molecule has 0 atom stereocenters. The Kier molecular flexibility index (Phi) is 2.91. The Morgan fingerprint density at radius 2 is 2.12 bits per heavy atom. The van der Waals surface area contributed by atoms with Crippen LogP contribution >= 0.6 is 11.6 Å². The van der Waals surface area contributed by atoms with E-state index < -0.39 is 5.54 Å². The minimum Gasteiger partial charge on any atom is -0.340 e. The van der Waals surface area contributed by atoms with Crippen molar-refractivity contribution in [1.29, 1.82) is 0 Å². The van der Waals surface area contributed by atoms with E-state index in [2.05, 4.69) is 0 Å². The number of hydrogen-bond donors (Lipinski definition) is 1. The first-order valence-corrected chi connectivity index (χ1v) is 5.68. The lowest BCUT2D eigenvalue weighted by Gasteiger charge is -2.21. The summed E-state index contributed by atoms with van der Waals surface area (Å²) in [6, 6.07) is 7.53. The molecule has 0 spiro atoms. The Labute approximate surface area is 100 Å². The second-order valence-corrected chi connectivity index (χ2v) is 4.82. The minimum atomic E-state index is -0.601. The number of benzene rings is 1. The molecule has 1 aromatic rings. The first-order valence-electron chi connectivity index (χ1n) is 5.31. The van der Waals surface area contributed by atoms with E-state index in [0.29, 0.717) is 11.6 Å². The van der Waals surface area contributed by atoms with Gasteiger partial charge in [0.15, 0.2) is 0 Å². The summed E-state index contributed by atoms with van der Waals surface area (Å²) in [5, 5.41) is 0.684. The topological polar surface area (TPSA) is 46.3 Å². The van der Waals surface area contributed by atoms with E-state index in [1.54, 1.807) is 11.9 Å². The molecule has 0 aliphatic heterocycles. The maximum Gasteiger partial charge on any atom is 0.242 e. The molecule has 2 rings (SSSR count).